The number of imidazole rings is 1. The molecule has 1 aromatic heterocycles. The van der Waals surface area contributed by atoms with Gasteiger partial charge in [0.1, 0.15) is 0 Å². The van der Waals surface area contributed by atoms with Crippen LogP contribution >= 0.6 is 11.6 Å². The van der Waals surface area contributed by atoms with Gasteiger partial charge in [-0.1, -0.05) is 24.6 Å². The van der Waals surface area contributed by atoms with Crippen LogP contribution in [0, 0.1) is 0 Å². The summed E-state index contributed by atoms with van der Waals surface area (Å²) in [7, 11) is 0. The Hall–Kier alpha value is -1.85. The number of hydrogen-bond donors (Lipinski definition) is 3. The molecular formula is C14H15ClN4O. The number of fused-ring (bicyclic) bond motifs is 1. The second-order valence-electron chi connectivity index (χ2n) is 4.75. The summed E-state index contributed by atoms with van der Waals surface area (Å²) in [5.41, 5.74) is 4.03. The van der Waals surface area contributed by atoms with E-state index >= 15 is 0 Å². The van der Waals surface area contributed by atoms with Gasteiger partial charge in [0.15, 0.2) is 11.0 Å². The van der Waals surface area contributed by atoms with E-state index in [9.17, 15) is 4.79 Å². The number of nitrogens with one attached hydrogen (secondary N) is 3. The summed E-state index contributed by atoms with van der Waals surface area (Å²) in [4.78, 5) is 19.1. The van der Waals surface area contributed by atoms with Crippen molar-refractivity contribution in [2.24, 2.45) is 0 Å². The first-order chi connectivity index (χ1) is 9.67. The molecule has 1 aliphatic heterocycles. The molecule has 0 saturated carbocycles. The Morgan fingerprint density at radius 3 is 2.95 bits per heavy atom. The maximum absolute atomic E-state index is 12.1. The average molecular weight is 291 g/mol. The molecule has 104 valence electrons. The highest BCUT2D eigenvalue weighted by molar-refractivity contribution is 6.30. The number of anilines is 1. The number of amides is 1. The monoisotopic (exact) mass is 290 g/mol. The molecule has 6 heteroatoms. The minimum absolute atomic E-state index is 0.241. The zero-order chi connectivity index (χ0) is 14.1. The lowest BCUT2D eigenvalue weighted by Gasteiger charge is -2.05. The van der Waals surface area contributed by atoms with Gasteiger partial charge in [-0.25, -0.2) is 4.98 Å². The summed E-state index contributed by atoms with van der Waals surface area (Å²) in [5, 5.41) is 6.46. The van der Waals surface area contributed by atoms with Crippen molar-refractivity contribution in [1.29, 1.82) is 0 Å². The van der Waals surface area contributed by atoms with Crippen molar-refractivity contribution in [3.63, 3.8) is 0 Å². The topological polar surface area (TPSA) is 69.8 Å². The van der Waals surface area contributed by atoms with E-state index in [4.69, 9.17) is 11.6 Å². The molecule has 0 unspecified atom stereocenters. The highest BCUT2D eigenvalue weighted by Gasteiger charge is 2.15. The molecule has 0 atom stereocenters. The number of rotatable bonds is 3. The van der Waals surface area contributed by atoms with Crippen LogP contribution in [0.15, 0.2) is 18.2 Å². The first-order valence-corrected chi connectivity index (χ1v) is 6.93. The molecule has 0 fully saturated rings. The van der Waals surface area contributed by atoms with E-state index in [1.807, 2.05) is 25.1 Å². The number of aromatic amines is 1. The Morgan fingerprint density at radius 1 is 1.40 bits per heavy atom. The first-order valence-electron chi connectivity index (χ1n) is 6.55. The molecule has 0 radical (unpaired) electrons. The molecule has 3 rings (SSSR count). The van der Waals surface area contributed by atoms with Crippen LogP contribution in [0.2, 0.25) is 5.15 Å². The fourth-order valence-electron chi connectivity index (χ4n) is 2.29. The van der Waals surface area contributed by atoms with Crippen molar-refractivity contribution >= 4 is 23.2 Å². The summed E-state index contributed by atoms with van der Waals surface area (Å²) in [6.07, 6.45) is 0.712. The van der Waals surface area contributed by atoms with Crippen LogP contribution in [-0.2, 0) is 19.5 Å². The molecule has 0 bridgehead atoms. The average Bonchev–Trinajstić information content (AvgIpc) is 3.04. The summed E-state index contributed by atoms with van der Waals surface area (Å²) in [6.45, 7) is 3.68. The number of hydrogen-bond acceptors (Lipinski definition) is 3. The van der Waals surface area contributed by atoms with Gasteiger partial charge in [0.2, 0.25) is 0 Å². The molecule has 1 aliphatic rings. The van der Waals surface area contributed by atoms with E-state index in [1.165, 1.54) is 11.1 Å². The number of nitrogens with zero attached hydrogens (tertiary/aromatic N) is 1. The van der Waals surface area contributed by atoms with Gasteiger partial charge in [0.25, 0.3) is 5.91 Å². The number of H-pyrrole nitrogens is 1. The van der Waals surface area contributed by atoms with E-state index in [1.54, 1.807) is 0 Å². The van der Waals surface area contributed by atoms with Gasteiger partial charge in [-0.2, -0.15) is 0 Å². The number of carbonyl (C=O) groups is 1. The fraction of sp³-hybridized carbons (Fsp3) is 0.286. The van der Waals surface area contributed by atoms with Gasteiger partial charge in [-0.05, 0) is 29.7 Å². The lowest BCUT2D eigenvalue weighted by molar-refractivity contribution is 0.101. The zero-order valence-corrected chi connectivity index (χ0v) is 11.8. The van der Waals surface area contributed by atoms with Crippen molar-refractivity contribution in [1.82, 2.24) is 15.3 Å². The third kappa shape index (κ3) is 2.42. The minimum Gasteiger partial charge on any atom is -0.336 e. The second kappa shape index (κ2) is 5.26. The SMILES string of the molecule is CCc1[nH]c(C(=O)Nc2ccc3c(c2)CNC3)nc1Cl. The number of carbonyl (C=O) groups excluding carboxylic acids is 1. The summed E-state index contributed by atoms with van der Waals surface area (Å²) < 4.78 is 0. The van der Waals surface area contributed by atoms with Crippen molar-refractivity contribution in [2.45, 2.75) is 26.4 Å². The van der Waals surface area contributed by atoms with E-state index < -0.39 is 0 Å². The molecule has 0 spiro atoms. The van der Waals surface area contributed by atoms with Crippen molar-refractivity contribution in [3.05, 3.63) is 46.0 Å². The lowest BCUT2D eigenvalue weighted by Crippen LogP contribution is -2.14. The van der Waals surface area contributed by atoms with Gasteiger partial charge in [-0.3, -0.25) is 4.79 Å². The van der Waals surface area contributed by atoms with Crippen LogP contribution in [0.4, 0.5) is 5.69 Å². The molecular weight excluding hydrogens is 276 g/mol. The van der Waals surface area contributed by atoms with Crippen LogP contribution in [-0.4, -0.2) is 15.9 Å². The largest absolute Gasteiger partial charge is 0.336 e. The maximum atomic E-state index is 12.1. The molecule has 3 N–H and O–H groups in total. The Labute approximate surface area is 121 Å². The predicted molar refractivity (Wildman–Crippen MR) is 77.9 cm³/mol. The van der Waals surface area contributed by atoms with Gasteiger partial charge < -0.3 is 15.6 Å². The molecule has 5 nitrogen and oxygen atoms in total. The van der Waals surface area contributed by atoms with Gasteiger partial charge in [0, 0.05) is 18.8 Å². The normalized spacial score (nSPS) is 13.3. The standard InChI is InChI=1S/C14H15ClN4O/c1-2-11-12(15)19-13(18-11)14(20)17-10-4-3-8-6-16-7-9(8)5-10/h3-5,16H,2,6-7H2,1H3,(H,17,20)(H,18,19). The highest BCUT2D eigenvalue weighted by atomic mass is 35.5. The molecule has 2 aromatic rings. The molecule has 1 amide bonds. The van der Waals surface area contributed by atoms with Gasteiger partial charge in [-0.15, -0.1) is 0 Å². The Bertz CT molecular complexity index is 665. The molecule has 20 heavy (non-hydrogen) atoms. The van der Waals surface area contributed by atoms with Gasteiger partial charge in [0.05, 0.1) is 5.69 Å². The van der Waals surface area contributed by atoms with E-state index in [0.29, 0.717) is 11.6 Å². The maximum Gasteiger partial charge on any atom is 0.291 e. The van der Waals surface area contributed by atoms with Crippen LogP contribution in [0.3, 0.4) is 0 Å². The van der Waals surface area contributed by atoms with Crippen LogP contribution in [0.1, 0.15) is 34.4 Å². The third-order valence-electron chi connectivity index (χ3n) is 3.39. The molecule has 0 aliphatic carbocycles. The Morgan fingerprint density at radius 2 is 2.20 bits per heavy atom. The number of aromatic nitrogens is 2. The van der Waals surface area contributed by atoms with Crippen molar-refractivity contribution in [3.8, 4) is 0 Å². The molecule has 2 heterocycles. The number of halogens is 1. The fourth-order valence-corrected chi connectivity index (χ4v) is 2.56. The summed E-state index contributed by atoms with van der Waals surface area (Å²) >= 11 is 5.94. The first kappa shape index (κ1) is 13.1. The van der Waals surface area contributed by atoms with Crippen molar-refractivity contribution < 1.29 is 4.79 Å². The third-order valence-corrected chi connectivity index (χ3v) is 3.70. The molecule has 1 aromatic carbocycles. The lowest BCUT2D eigenvalue weighted by atomic mass is 10.1. The number of aryl methyl sites for hydroxylation is 1. The minimum atomic E-state index is -0.280. The Balaban J connectivity index is 1.78. The highest BCUT2D eigenvalue weighted by Crippen LogP contribution is 2.20. The van der Waals surface area contributed by atoms with E-state index in [0.717, 1.165) is 24.5 Å². The van der Waals surface area contributed by atoms with Crippen LogP contribution in [0.5, 0.6) is 0 Å². The van der Waals surface area contributed by atoms with E-state index in [-0.39, 0.29) is 11.7 Å². The number of benzene rings is 1. The van der Waals surface area contributed by atoms with E-state index in [2.05, 4.69) is 20.6 Å². The second-order valence-corrected chi connectivity index (χ2v) is 5.11. The van der Waals surface area contributed by atoms with Crippen LogP contribution in [0.25, 0.3) is 0 Å². The zero-order valence-electron chi connectivity index (χ0n) is 11.1. The van der Waals surface area contributed by atoms with Gasteiger partial charge >= 0.3 is 0 Å². The van der Waals surface area contributed by atoms with Crippen molar-refractivity contribution in [2.75, 3.05) is 5.32 Å². The smallest absolute Gasteiger partial charge is 0.291 e. The Kier molecular flexibility index (Phi) is 3.46. The van der Waals surface area contributed by atoms with Crippen LogP contribution < -0.4 is 10.6 Å². The summed E-state index contributed by atoms with van der Waals surface area (Å²) in [6, 6.07) is 5.91. The predicted octanol–water partition coefficient (Wildman–Crippen LogP) is 2.48. The quantitative estimate of drug-likeness (QED) is 0.813. The molecule has 0 saturated heterocycles. The summed E-state index contributed by atoms with van der Waals surface area (Å²) in [5.74, 6) is -0.0389.